The van der Waals surface area contributed by atoms with Crippen molar-refractivity contribution in [1.82, 2.24) is 9.84 Å². The van der Waals surface area contributed by atoms with Crippen LogP contribution in [0.25, 0.3) is 10.8 Å². The average molecular weight is 492 g/mol. The van der Waals surface area contributed by atoms with Gasteiger partial charge in [-0.15, -0.1) is 8.81 Å². The highest BCUT2D eigenvalue weighted by Gasteiger charge is 2.36. The minimum atomic E-state index is -4.51. The molecule has 1 amide bonds. The summed E-state index contributed by atoms with van der Waals surface area (Å²) < 4.78 is 56.9. The smallest absolute Gasteiger partial charge is 0.266 e. The van der Waals surface area contributed by atoms with Crippen molar-refractivity contribution in [3.05, 3.63) is 108 Å². The van der Waals surface area contributed by atoms with E-state index >= 15 is 0 Å². The molecule has 5 rings (SSSR count). The first-order valence-corrected chi connectivity index (χ1v) is 13.0. The number of amides is 1. The fourth-order valence-corrected chi connectivity index (χ4v) is 6.33. The molecule has 10 heteroatoms. The van der Waals surface area contributed by atoms with Gasteiger partial charge in [-0.05, 0) is 35.7 Å². The highest BCUT2D eigenvalue weighted by molar-refractivity contribution is 7.91. The number of fused-ring (bicyclic) bond motifs is 2. The first-order chi connectivity index (χ1) is 16.3. The van der Waals surface area contributed by atoms with Crippen LogP contribution in [0.2, 0.25) is 0 Å². The van der Waals surface area contributed by atoms with Gasteiger partial charge in [0.05, 0.1) is 4.90 Å². The zero-order valence-electron chi connectivity index (χ0n) is 17.5. The van der Waals surface area contributed by atoms with Crippen LogP contribution in [0.1, 0.15) is 15.9 Å². The van der Waals surface area contributed by atoms with Crippen LogP contribution in [-0.2, 0) is 20.0 Å². The average Bonchev–Trinajstić information content (AvgIpc) is 3.12. The third kappa shape index (κ3) is 3.62. The van der Waals surface area contributed by atoms with Crippen LogP contribution in [0.4, 0.5) is 0 Å². The van der Waals surface area contributed by atoms with Gasteiger partial charge in [-0.2, -0.15) is 16.8 Å². The lowest BCUT2D eigenvalue weighted by Gasteiger charge is -2.24. The van der Waals surface area contributed by atoms with E-state index in [1.807, 2.05) is 0 Å². The maximum absolute atomic E-state index is 13.9. The molecule has 34 heavy (non-hydrogen) atoms. The van der Waals surface area contributed by atoms with Gasteiger partial charge in [-0.25, -0.2) is 0 Å². The number of nitrogens with zero attached hydrogens (tertiary/aromatic N) is 2. The Morgan fingerprint density at radius 3 is 2.24 bits per heavy atom. The van der Waals surface area contributed by atoms with E-state index < -0.39 is 26.0 Å². The second-order valence-corrected chi connectivity index (χ2v) is 10.8. The van der Waals surface area contributed by atoms with Crippen molar-refractivity contribution in [2.24, 2.45) is 4.40 Å². The van der Waals surface area contributed by atoms with Crippen molar-refractivity contribution in [2.45, 2.75) is 9.79 Å². The number of hydrogen-bond acceptors (Lipinski definition) is 6. The standard InChI is InChI=1S/C24H17N3O5S2/c28-24(18-10-2-1-3-11-18)27(25-23-20-14-6-7-15-21(20)33(29,30)26-23)34(31,32)22-16-8-12-17-9-4-5-13-19(17)22/h1-16H,(H,25,26). The Kier molecular flexibility index (Phi) is 5.18. The number of hydrogen-bond donors (Lipinski definition) is 1. The van der Waals surface area contributed by atoms with Gasteiger partial charge in [0.25, 0.3) is 26.0 Å². The van der Waals surface area contributed by atoms with Crippen molar-refractivity contribution in [3.63, 3.8) is 0 Å². The fourth-order valence-electron chi connectivity index (χ4n) is 3.72. The van der Waals surface area contributed by atoms with Crippen molar-refractivity contribution >= 4 is 42.6 Å². The van der Waals surface area contributed by atoms with E-state index in [4.69, 9.17) is 0 Å². The van der Waals surface area contributed by atoms with E-state index in [2.05, 4.69) is 9.82 Å². The quantitative estimate of drug-likeness (QED) is 0.440. The Hall–Kier alpha value is -4.02. The monoisotopic (exact) mass is 491 g/mol. The molecular formula is C24H17N3O5S2. The van der Waals surface area contributed by atoms with Crippen LogP contribution in [-0.4, -0.2) is 33.0 Å². The lowest BCUT2D eigenvalue weighted by Crippen LogP contribution is -2.49. The molecule has 0 aromatic heterocycles. The van der Waals surface area contributed by atoms with Gasteiger partial charge in [-0.1, -0.05) is 66.7 Å². The first-order valence-electron chi connectivity index (χ1n) is 10.1. The van der Waals surface area contributed by atoms with Gasteiger partial charge in [0.2, 0.25) is 0 Å². The molecular weight excluding hydrogens is 474 g/mol. The molecule has 0 saturated carbocycles. The van der Waals surface area contributed by atoms with E-state index in [9.17, 15) is 21.6 Å². The molecule has 0 bridgehead atoms. The normalized spacial score (nSPS) is 14.3. The molecule has 1 aliphatic rings. The molecule has 0 atom stereocenters. The molecule has 0 spiro atoms. The summed E-state index contributed by atoms with van der Waals surface area (Å²) in [5.41, 5.74) is 2.76. The Bertz CT molecular complexity index is 1680. The van der Waals surface area contributed by atoms with Gasteiger partial charge in [0, 0.05) is 16.5 Å². The first kappa shape index (κ1) is 21.8. The molecule has 4 aromatic rings. The summed E-state index contributed by atoms with van der Waals surface area (Å²) in [7, 11) is -8.55. The zero-order chi connectivity index (χ0) is 23.9. The van der Waals surface area contributed by atoms with Gasteiger partial charge >= 0.3 is 0 Å². The molecule has 1 N–H and O–H groups in total. The summed E-state index contributed by atoms with van der Waals surface area (Å²) in [6.07, 6.45) is 0. The predicted octanol–water partition coefficient (Wildman–Crippen LogP) is 3.32. The van der Waals surface area contributed by atoms with Crippen LogP contribution < -0.4 is 5.43 Å². The Balaban J connectivity index is 1.68. The van der Waals surface area contributed by atoms with Crippen molar-refractivity contribution < 1.29 is 21.6 Å². The summed E-state index contributed by atoms with van der Waals surface area (Å²) in [5, 5.41) is 1.08. The summed E-state index contributed by atoms with van der Waals surface area (Å²) in [6.45, 7) is 0. The van der Waals surface area contributed by atoms with Gasteiger partial charge in [0.1, 0.15) is 4.90 Å². The van der Waals surface area contributed by atoms with Crippen LogP contribution in [0.5, 0.6) is 0 Å². The van der Waals surface area contributed by atoms with Crippen molar-refractivity contribution in [3.8, 4) is 0 Å². The number of rotatable bonds is 3. The summed E-state index contributed by atoms with van der Waals surface area (Å²) in [5.74, 6) is -1.15. The molecule has 1 heterocycles. The predicted molar refractivity (Wildman–Crippen MR) is 127 cm³/mol. The van der Waals surface area contributed by atoms with Crippen molar-refractivity contribution in [1.29, 1.82) is 0 Å². The Morgan fingerprint density at radius 1 is 0.794 bits per heavy atom. The highest BCUT2D eigenvalue weighted by atomic mass is 32.2. The fraction of sp³-hybridized carbons (Fsp3) is 0. The molecule has 0 fully saturated rings. The second-order valence-electron chi connectivity index (χ2n) is 7.44. The lowest BCUT2D eigenvalue weighted by atomic mass is 10.1. The third-order valence-corrected chi connectivity index (χ3v) is 8.30. The maximum atomic E-state index is 13.9. The van der Waals surface area contributed by atoms with Gasteiger partial charge in [0.15, 0.2) is 5.84 Å². The summed E-state index contributed by atoms with van der Waals surface area (Å²) >= 11 is 0. The van der Waals surface area contributed by atoms with E-state index in [1.54, 1.807) is 60.7 Å². The summed E-state index contributed by atoms with van der Waals surface area (Å²) in [4.78, 5) is 13.3. The molecule has 0 saturated heterocycles. The number of nitrogens with one attached hydrogen (secondary N) is 1. The van der Waals surface area contributed by atoms with E-state index in [1.165, 1.54) is 36.4 Å². The lowest BCUT2D eigenvalue weighted by molar-refractivity contribution is 0.0838. The van der Waals surface area contributed by atoms with Gasteiger partial charge < -0.3 is 0 Å². The molecule has 0 aliphatic carbocycles. The minimum Gasteiger partial charge on any atom is -0.266 e. The number of hydrazine groups is 1. The molecule has 0 unspecified atom stereocenters. The maximum Gasteiger partial charge on any atom is 0.286 e. The number of carbonyl (C=O) groups excluding carboxylic acids is 1. The van der Waals surface area contributed by atoms with E-state index in [0.717, 1.165) is 0 Å². The molecule has 4 aromatic carbocycles. The minimum absolute atomic E-state index is 0.0767. The molecule has 170 valence electrons. The number of amidine groups is 1. The Morgan fingerprint density at radius 2 is 1.44 bits per heavy atom. The highest BCUT2D eigenvalue weighted by Crippen LogP contribution is 2.28. The third-order valence-electron chi connectivity index (χ3n) is 5.31. The van der Waals surface area contributed by atoms with Gasteiger partial charge in [-0.3, -0.25) is 10.2 Å². The topological polar surface area (TPSA) is 113 Å². The molecule has 1 aliphatic heterocycles. The second kappa shape index (κ2) is 8.08. The van der Waals surface area contributed by atoms with Crippen LogP contribution in [0.15, 0.2) is 111 Å². The molecule has 0 radical (unpaired) electrons. The number of benzene rings is 4. The number of carbonyl (C=O) groups is 1. The van der Waals surface area contributed by atoms with Crippen LogP contribution in [0, 0.1) is 0 Å². The largest absolute Gasteiger partial charge is 0.286 e. The Labute approximate surface area is 196 Å². The van der Waals surface area contributed by atoms with E-state index in [0.29, 0.717) is 15.2 Å². The van der Waals surface area contributed by atoms with Crippen LogP contribution >= 0.6 is 0 Å². The van der Waals surface area contributed by atoms with E-state index in [-0.39, 0.29) is 26.8 Å². The number of sulfonamides is 2. The SMILES string of the molecule is O=C(c1ccccc1)N(NC1=NS(=O)(=O)c2ccccc21)S(=O)(=O)c1cccc2ccccc12. The van der Waals surface area contributed by atoms with Crippen molar-refractivity contribution in [2.75, 3.05) is 0 Å². The molecule has 8 nitrogen and oxygen atoms in total. The van der Waals surface area contributed by atoms with Crippen LogP contribution in [0.3, 0.4) is 0 Å². The zero-order valence-corrected chi connectivity index (χ0v) is 19.1. The summed E-state index contributed by atoms with van der Waals surface area (Å²) in [6, 6.07) is 25.4.